The SMILES string of the molecule is NS(=O)(=O)c1cccc(OC(F)F)c1OC(F)(F)F. The van der Waals surface area contributed by atoms with Crippen LogP contribution < -0.4 is 14.6 Å². The molecule has 1 aromatic rings. The van der Waals surface area contributed by atoms with Gasteiger partial charge in [-0.3, -0.25) is 0 Å². The molecule has 2 N–H and O–H groups in total. The van der Waals surface area contributed by atoms with Crippen molar-refractivity contribution in [3.8, 4) is 11.5 Å². The molecule has 11 heteroatoms. The van der Waals surface area contributed by atoms with Crippen molar-refractivity contribution < 1.29 is 39.8 Å². The summed E-state index contributed by atoms with van der Waals surface area (Å²) in [5.74, 6) is -2.54. The standard InChI is InChI=1S/C8H6F5NO4S/c9-7(10)17-4-2-1-3-5(19(14,15)16)6(4)18-8(11,12)13/h1-3,7H,(H2,14,15,16). The zero-order valence-corrected chi connectivity index (χ0v) is 9.63. The van der Waals surface area contributed by atoms with Crippen molar-refractivity contribution in [3.05, 3.63) is 18.2 Å². The van der Waals surface area contributed by atoms with Gasteiger partial charge >= 0.3 is 13.0 Å². The first-order valence-electron chi connectivity index (χ1n) is 4.37. The second-order valence-electron chi connectivity index (χ2n) is 3.05. The van der Waals surface area contributed by atoms with E-state index in [2.05, 4.69) is 14.6 Å². The first-order valence-corrected chi connectivity index (χ1v) is 5.91. The number of halogens is 5. The van der Waals surface area contributed by atoms with E-state index in [9.17, 15) is 30.4 Å². The zero-order chi connectivity index (χ0) is 14.8. The number of nitrogens with two attached hydrogens (primary N) is 1. The lowest BCUT2D eigenvalue weighted by Crippen LogP contribution is -2.22. The third kappa shape index (κ3) is 4.52. The average molecular weight is 307 g/mol. The minimum atomic E-state index is -5.30. The highest BCUT2D eigenvalue weighted by atomic mass is 32.2. The third-order valence-corrected chi connectivity index (χ3v) is 2.62. The maximum Gasteiger partial charge on any atom is 0.573 e. The van der Waals surface area contributed by atoms with E-state index >= 15 is 0 Å². The number of rotatable bonds is 4. The highest BCUT2D eigenvalue weighted by Gasteiger charge is 2.35. The molecule has 0 bridgehead atoms. The van der Waals surface area contributed by atoms with Crippen LogP contribution in [-0.2, 0) is 10.0 Å². The summed E-state index contributed by atoms with van der Waals surface area (Å²) in [6, 6.07) is 2.22. The number of para-hydroxylation sites is 1. The van der Waals surface area contributed by atoms with E-state index in [0.717, 1.165) is 6.07 Å². The molecule has 0 aliphatic carbocycles. The molecule has 0 unspecified atom stereocenters. The number of hydrogen-bond acceptors (Lipinski definition) is 4. The predicted octanol–water partition coefficient (Wildman–Crippen LogP) is 1.83. The van der Waals surface area contributed by atoms with Gasteiger partial charge in [0.15, 0.2) is 11.5 Å². The highest BCUT2D eigenvalue weighted by Crippen LogP contribution is 2.38. The summed E-state index contributed by atoms with van der Waals surface area (Å²) in [4.78, 5) is -1.12. The average Bonchev–Trinajstić information content (AvgIpc) is 2.15. The summed E-state index contributed by atoms with van der Waals surface area (Å²) in [6.07, 6.45) is -5.30. The van der Waals surface area contributed by atoms with E-state index in [0.29, 0.717) is 12.1 Å². The van der Waals surface area contributed by atoms with Crippen molar-refractivity contribution >= 4 is 10.0 Å². The Morgan fingerprint density at radius 2 is 1.79 bits per heavy atom. The van der Waals surface area contributed by atoms with Crippen LogP contribution in [0.25, 0.3) is 0 Å². The van der Waals surface area contributed by atoms with Crippen LogP contribution in [0, 0.1) is 0 Å². The summed E-state index contributed by atoms with van der Waals surface area (Å²) < 4.78 is 89.7. The van der Waals surface area contributed by atoms with Gasteiger partial charge in [-0.15, -0.1) is 13.2 Å². The molecule has 0 aliphatic heterocycles. The summed E-state index contributed by atoms with van der Waals surface area (Å²) in [7, 11) is -4.61. The lowest BCUT2D eigenvalue weighted by molar-refractivity contribution is -0.276. The number of hydrogen-bond donors (Lipinski definition) is 1. The van der Waals surface area contributed by atoms with E-state index in [1.807, 2.05) is 0 Å². The van der Waals surface area contributed by atoms with Crippen LogP contribution in [0.5, 0.6) is 11.5 Å². The fourth-order valence-corrected chi connectivity index (χ4v) is 1.79. The zero-order valence-electron chi connectivity index (χ0n) is 8.82. The van der Waals surface area contributed by atoms with E-state index in [1.54, 1.807) is 0 Å². The van der Waals surface area contributed by atoms with Crippen LogP contribution in [0.15, 0.2) is 23.1 Å². The maximum atomic E-state index is 12.1. The summed E-state index contributed by atoms with van der Waals surface area (Å²) >= 11 is 0. The normalized spacial score (nSPS) is 12.6. The molecule has 108 valence electrons. The van der Waals surface area contributed by atoms with Crippen molar-refractivity contribution in [2.24, 2.45) is 5.14 Å². The Kier molecular flexibility index (Phi) is 4.20. The van der Waals surface area contributed by atoms with Crippen molar-refractivity contribution in [3.63, 3.8) is 0 Å². The van der Waals surface area contributed by atoms with E-state index in [-0.39, 0.29) is 0 Å². The largest absolute Gasteiger partial charge is 0.573 e. The smallest absolute Gasteiger partial charge is 0.431 e. The van der Waals surface area contributed by atoms with Gasteiger partial charge in [-0.05, 0) is 12.1 Å². The molecule has 0 fully saturated rings. The Balaban J connectivity index is 3.41. The number of primary sulfonamides is 1. The molecule has 19 heavy (non-hydrogen) atoms. The van der Waals surface area contributed by atoms with Crippen LogP contribution in [0.3, 0.4) is 0 Å². The van der Waals surface area contributed by atoms with Crippen molar-refractivity contribution in [1.29, 1.82) is 0 Å². The molecule has 0 aliphatic rings. The Hall–Kier alpha value is -1.62. The molecule has 0 atom stereocenters. The van der Waals surface area contributed by atoms with Crippen molar-refractivity contribution in [2.45, 2.75) is 17.9 Å². The molecule has 0 heterocycles. The second-order valence-corrected chi connectivity index (χ2v) is 4.58. The van der Waals surface area contributed by atoms with Gasteiger partial charge in [0, 0.05) is 0 Å². The Morgan fingerprint density at radius 3 is 2.21 bits per heavy atom. The minimum absolute atomic E-state index is 0.661. The van der Waals surface area contributed by atoms with Gasteiger partial charge in [0.25, 0.3) is 0 Å². The molecule has 0 saturated carbocycles. The molecule has 5 nitrogen and oxygen atoms in total. The first-order chi connectivity index (χ1) is 8.50. The summed E-state index contributed by atoms with van der Waals surface area (Å²) in [5, 5.41) is 4.66. The maximum absolute atomic E-state index is 12.1. The van der Waals surface area contributed by atoms with Crippen LogP contribution in [0.2, 0.25) is 0 Å². The molecule has 0 aromatic heterocycles. The van der Waals surface area contributed by atoms with Gasteiger partial charge in [0.2, 0.25) is 10.0 Å². The van der Waals surface area contributed by atoms with Crippen LogP contribution in [0.1, 0.15) is 0 Å². The monoisotopic (exact) mass is 307 g/mol. The minimum Gasteiger partial charge on any atom is -0.431 e. The van der Waals surface area contributed by atoms with Crippen molar-refractivity contribution in [1.82, 2.24) is 0 Å². The summed E-state index contributed by atoms with van der Waals surface area (Å²) in [5.41, 5.74) is 0. The van der Waals surface area contributed by atoms with E-state index < -0.39 is 39.4 Å². The molecule has 0 amide bonds. The fraction of sp³-hybridized carbons (Fsp3) is 0.250. The fourth-order valence-electron chi connectivity index (χ4n) is 1.12. The third-order valence-electron chi connectivity index (χ3n) is 1.68. The first kappa shape index (κ1) is 15.4. The number of benzene rings is 1. The Morgan fingerprint density at radius 1 is 1.21 bits per heavy atom. The van der Waals surface area contributed by atoms with Gasteiger partial charge in [0.1, 0.15) is 4.90 Å². The topological polar surface area (TPSA) is 78.6 Å². The van der Waals surface area contributed by atoms with Gasteiger partial charge in [-0.25, -0.2) is 13.6 Å². The van der Waals surface area contributed by atoms with E-state index in [4.69, 9.17) is 0 Å². The number of alkyl halides is 5. The highest BCUT2D eigenvalue weighted by molar-refractivity contribution is 7.89. The number of ether oxygens (including phenoxy) is 2. The van der Waals surface area contributed by atoms with Gasteiger partial charge < -0.3 is 9.47 Å². The quantitative estimate of drug-likeness (QED) is 0.861. The molecule has 0 saturated heterocycles. The summed E-state index contributed by atoms with van der Waals surface area (Å²) in [6.45, 7) is -3.47. The lowest BCUT2D eigenvalue weighted by atomic mass is 10.3. The van der Waals surface area contributed by atoms with Gasteiger partial charge in [-0.1, -0.05) is 6.07 Å². The lowest BCUT2D eigenvalue weighted by Gasteiger charge is -2.16. The van der Waals surface area contributed by atoms with Gasteiger partial charge in [0.05, 0.1) is 0 Å². The Bertz CT molecular complexity index is 557. The molecule has 1 aromatic carbocycles. The number of sulfonamides is 1. The van der Waals surface area contributed by atoms with Crippen LogP contribution in [-0.4, -0.2) is 21.4 Å². The molecule has 0 spiro atoms. The second kappa shape index (κ2) is 5.17. The molecular weight excluding hydrogens is 301 g/mol. The Labute approximate surface area is 103 Å². The molecule has 1 rings (SSSR count). The van der Waals surface area contributed by atoms with E-state index in [1.165, 1.54) is 0 Å². The molecular formula is C8H6F5NO4S. The van der Waals surface area contributed by atoms with Crippen LogP contribution in [0.4, 0.5) is 22.0 Å². The van der Waals surface area contributed by atoms with Gasteiger partial charge in [-0.2, -0.15) is 8.78 Å². The predicted molar refractivity (Wildman–Crippen MR) is 51.1 cm³/mol. The molecule has 0 radical (unpaired) electrons. The van der Waals surface area contributed by atoms with Crippen LogP contribution >= 0.6 is 0 Å². The van der Waals surface area contributed by atoms with Crippen molar-refractivity contribution in [2.75, 3.05) is 0 Å².